The van der Waals surface area contributed by atoms with Crippen molar-refractivity contribution in [3.63, 3.8) is 0 Å². The molecule has 2 aromatic heterocycles. The van der Waals surface area contributed by atoms with Gasteiger partial charge >= 0.3 is 5.97 Å². The summed E-state index contributed by atoms with van der Waals surface area (Å²) in [6.45, 7) is 2.00. The minimum atomic E-state index is -0.682. The van der Waals surface area contributed by atoms with Crippen LogP contribution in [0.3, 0.4) is 0 Å². The molecular weight excluding hydrogens is 444 g/mol. The lowest BCUT2D eigenvalue weighted by molar-refractivity contribution is 0.0606. The highest BCUT2D eigenvalue weighted by molar-refractivity contribution is 8.00. The molecule has 0 N–H and O–H groups in total. The molecule has 1 aromatic carbocycles. The summed E-state index contributed by atoms with van der Waals surface area (Å²) in [4.78, 5) is 22.3. The monoisotopic (exact) mass is 460 g/mol. The highest BCUT2D eigenvalue weighted by Crippen LogP contribution is 2.44. The molecule has 0 bridgehead atoms. The fraction of sp³-hybridized carbons (Fsp3) is 0.190. The van der Waals surface area contributed by atoms with Gasteiger partial charge in [-0.2, -0.15) is 0 Å². The van der Waals surface area contributed by atoms with Gasteiger partial charge in [0, 0.05) is 22.2 Å². The lowest BCUT2D eigenvalue weighted by Gasteiger charge is -2.24. The third kappa shape index (κ3) is 3.46. The maximum absolute atomic E-state index is 12.0. The normalized spacial score (nSPS) is 17.8. The molecule has 4 rings (SSSR count). The van der Waals surface area contributed by atoms with E-state index >= 15 is 0 Å². The van der Waals surface area contributed by atoms with E-state index < -0.39 is 5.54 Å². The number of carbonyl (C=O) groups is 1. The van der Waals surface area contributed by atoms with E-state index in [9.17, 15) is 4.79 Å². The average molecular weight is 461 g/mol. The number of rotatable bonds is 5. The minimum absolute atomic E-state index is 0.332. The second-order valence-corrected chi connectivity index (χ2v) is 9.75. The van der Waals surface area contributed by atoms with Crippen LogP contribution in [0.25, 0.3) is 11.3 Å². The van der Waals surface area contributed by atoms with Gasteiger partial charge < -0.3 is 4.74 Å². The Balaban J connectivity index is 1.82. The molecule has 1 aliphatic heterocycles. The van der Waals surface area contributed by atoms with Crippen LogP contribution in [0.15, 0.2) is 51.0 Å². The number of hydrogen-bond donors (Lipinski definition) is 0. The number of allylic oxidation sites excluding steroid dienone is 1. The Hall–Kier alpha value is -1.93. The molecule has 4 nitrogen and oxygen atoms in total. The maximum Gasteiger partial charge on any atom is 0.348 e. The van der Waals surface area contributed by atoms with E-state index in [0.29, 0.717) is 9.90 Å². The standard InChI is InChI=1S/C21H17ClN2O2S3/c1-12-14(6-4-7-15(12)22)21(8-5-9-23-21)20-24-16(11-28-20)13-10-17(18(25)26-2)29-19(13)27-3/h4-11H,1-3H3. The van der Waals surface area contributed by atoms with Crippen LogP contribution in [-0.2, 0) is 10.3 Å². The van der Waals surface area contributed by atoms with E-state index in [1.54, 1.807) is 29.3 Å². The van der Waals surface area contributed by atoms with Crippen molar-refractivity contribution in [2.75, 3.05) is 13.4 Å². The maximum atomic E-state index is 12.0. The fourth-order valence-electron chi connectivity index (χ4n) is 3.29. The van der Waals surface area contributed by atoms with Crippen molar-refractivity contribution < 1.29 is 9.53 Å². The van der Waals surface area contributed by atoms with Crippen LogP contribution in [0, 0.1) is 6.92 Å². The van der Waals surface area contributed by atoms with Gasteiger partial charge in [0.2, 0.25) is 0 Å². The number of methoxy groups -OCH3 is 1. The quantitative estimate of drug-likeness (QED) is 0.334. The van der Waals surface area contributed by atoms with Crippen LogP contribution in [0.5, 0.6) is 0 Å². The van der Waals surface area contributed by atoms with Crippen LogP contribution in [0.2, 0.25) is 5.02 Å². The van der Waals surface area contributed by atoms with Gasteiger partial charge in [0.05, 0.1) is 17.0 Å². The Labute approximate surface area is 186 Å². The third-order valence-corrected chi connectivity index (χ3v) is 8.38. The zero-order valence-electron chi connectivity index (χ0n) is 15.9. The van der Waals surface area contributed by atoms with Crippen molar-refractivity contribution >= 4 is 58.2 Å². The SMILES string of the molecule is COC(=O)c1cc(-c2csc(C3(c4cccc(Cl)c4C)C=CC=N3)n2)c(SC)s1. The first kappa shape index (κ1) is 20.3. The predicted octanol–water partition coefficient (Wildman–Crippen LogP) is 6.23. The number of halogens is 1. The van der Waals surface area contributed by atoms with E-state index in [0.717, 1.165) is 31.6 Å². The lowest BCUT2D eigenvalue weighted by atomic mass is 9.88. The largest absolute Gasteiger partial charge is 0.465 e. The topological polar surface area (TPSA) is 51.5 Å². The number of aliphatic imine (C=N–C) groups is 1. The Morgan fingerprint density at radius 3 is 2.86 bits per heavy atom. The second kappa shape index (κ2) is 8.07. The van der Waals surface area contributed by atoms with Gasteiger partial charge in [-0.15, -0.1) is 34.4 Å². The Bertz CT molecular complexity index is 1130. The number of carbonyl (C=O) groups excluding carboxylic acids is 1. The van der Waals surface area contributed by atoms with Gasteiger partial charge in [-0.25, -0.2) is 9.78 Å². The number of ether oxygens (including phenoxy) is 1. The summed E-state index contributed by atoms with van der Waals surface area (Å²) in [7, 11) is 1.39. The number of thiazole rings is 1. The number of thiophene rings is 1. The van der Waals surface area contributed by atoms with Crippen molar-refractivity contribution in [2.45, 2.75) is 16.7 Å². The molecule has 1 unspecified atom stereocenters. The summed E-state index contributed by atoms with van der Waals surface area (Å²) >= 11 is 11.0. The number of hydrogen-bond acceptors (Lipinski definition) is 7. The van der Waals surface area contributed by atoms with Crippen molar-refractivity contribution in [3.05, 3.63) is 67.8 Å². The van der Waals surface area contributed by atoms with E-state index in [1.165, 1.54) is 18.4 Å². The summed E-state index contributed by atoms with van der Waals surface area (Å²) in [5.74, 6) is -0.332. The van der Waals surface area contributed by atoms with E-state index in [2.05, 4.69) is 6.08 Å². The lowest BCUT2D eigenvalue weighted by Crippen LogP contribution is -2.22. The molecule has 3 aromatic rings. The summed E-state index contributed by atoms with van der Waals surface area (Å²) in [6.07, 6.45) is 7.78. The number of benzene rings is 1. The highest BCUT2D eigenvalue weighted by atomic mass is 35.5. The van der Waals surface area contributed by atoms with Crippen LogP contribution in [0.1, 0.15) is 25.8 Å². The third-order valence-electron chi connectivity index (χ3n) is 4.76. The second-order valence-electron chi connectivity index (χ2n) is 6.36. The summed E-state index contributed by atoms with van der Waals surface area (Å²) < 4.78 is 5.90. The molecule has 1 aliphatic rings. The van der Waals surface area contributed by atoms with E-state index in [4.69, 9.17) is 26.3 Å². The molecule has 29 heavy (non-hydrogen) atoms. The molecule has 148 valence electrons. The number of thioether (sulfide) groups is 1. The Morgan fingerprint density at radius 2 is 2.17 bits per heavy atom. The summed E-state index contributed by atoms with van der Waals surface area (Å²) in [6, 6.07) is 7.72. The van der Waals surface area contributed by atoms with Crippen LogP contribution >= 0.6 is 46.0 Å². The van der Waals surface area contributed by atoms with Crippen LogP contribution < -0.4 is 0 Å². The smallest absolute Gasteiger partial charge is 0.348 e. The fourth-order valence-corrected chi connectivity index (χ4v) is 6.23. The first-order valence-corrected chi connectivity index (χ1v) is 12.0. The average Bonchev–Trinajstić information content (AvgIpc) is 3.47. The molecular formula is C21H17ClN2O2S3. The first-order chi connectivity index (χ1) is 14.0. The molecule has 0 fully saturated rings. The Kier molecular flexibility index (Phi) is 5.66. The number of aromatic nitrogens is 1. The van der Waals surface area contributed by atoms with Crippen molar-refractivity contribution in [3.8, 4) is 11.3 Å². The number of nitrogens with zero attached hydrogens (tertiary/aromatic N) is 2. The molecule has 0 spiro atoms. The molecule has 1 atom stereocenters. The van der Waals surface area contributed by atoms with Crippen molar-refractivity contribution in [2.24, 2.45) is 4.99 Å². The van der Waals surface area contributed by atoms with Gasteiger partial charge in [-0.3, -0.25) is 4.99 Å². The number of esters is 1. The molecule has 0 saturated carbocycles. The molecule has 0 saturated heterocycles. The Morgan fingerprint density at radius 1 is 1.34 bits per heavy atom. The molecule has 0 aliphatic carbocycles. The summed E-state index contributed by atoms with van der Waals surface area (Å²) in [5.41, 5.74) is 3.09. The van der Waals surface area contributed by atoms with Gasteiger partial charge in [0.25, 0.3) is 0 Å². The van der Waals surface area contributed by atoms with Crippen LogP contribution in [0.4, 0.5) is 0 Å². The van der Waals surface area contributed by atoms with Gasteiger partial charge in [0.15, 0.2) is 5.54 Å². The first-order valence-electron chi connectivity index (χ1n) is 8.71. The van der Waals surface area contributed by atoms with Gasteiger partial charge in [-0.1, -0.05) is 23.7 Å². The van der Waals surface area contributed by atoms with Crippen LogP contribution in [-0.4, -0.2) is 30.5 Å². The minimum Gasteiger partial charge on any atom is -0.465 e. The van der Waals surface area contributed by atoms with E-state index in [1.807, 2.05) is 48.9 Å². The van der Waals surface area contributed by atoms with Gasteiger partial charge in [-0.05, 0) is 48.6 Å². The zero-order chi connectivity index (χ0) is 20.6. The van der Waals surface area contributed by atoms with Crippen molar-refractivity contribution in [1.29, 1.82) is 0 Å². The van der Waals surface area contributed by atoms with E-state index in [-0.39, 0.29) is 5.97 Å². The molecule has 0 radical (unpaired) electrons. The zero-order valence-corrected chi connectivity index (χ0v) is 19.1. The molecule has 3 heterocycles. The van der Waals surface area contributed by atoms with Crippen molar-refractivity contribution in [1.82, 2.24) is 4.98 Å². The van der Waals surface area contributed by atoms with Gasteiger partial charge in [0.1, 0.15) is 9.88 Å². The predicted molar refractivity (Wildman–Crippen MR) is 123 cm³/mol. The highest BCUT2D eigenvalue weighted by Gasteiger charge is 2.37. The summed E-state index contributed by atoms with van der Waals surface area (Å²) in [5, 5.41) is 3.58. The molecule has 8 heteroatoms. The molecule has 0 amide bonds.